The van der Waals surface area contributed by atoms with E-state index in [1.165, 1.54) is 22.0 Å². The first-order chi connectivity index (χ1) is 16.1. The molecule has 0 radical (unpaired) electrons. The highest BCUT2D eigenvalue weighted by atomic mass is 35.5. The Morgan fingerprint density at radius 2 is 2.24 bits per heavy atom. The van der Waals surface area contributed by atoms with E-state index in [1.54, 1.807) is 26.1 Å². The monoisotopic (exact) mass is 503 g/mol. The molecule has 1 fully saturated rings. The number of hydrogen-bond donors (Lipinski definition) is 2. The fourth-order valence-electron chi connectivity index (χ4n) is 4.99. The van der Waals surface area contributed by atoms with Crippen LogP contribution in [0.2, 0.25) is 5.02 Å². The SMILES string of the molecule is Cc1nc2c(N3CC[C@](C[C@@H](C)O)(Nc4ccc(Cl)cc4F)[C@@H](C)C3)c(C#N)c(=O)n(C)c2s1. The predicted molar refractivity (Wildman–Crippen MR) is 134 cm³/mol. The molecule has 1 aliphatic rings. The zero-order valence-electron chi connectivity index (χ0n) is 19.5. The maximum Gasteiger partial charge on any atom is 0.271 e. The third kappa shape index (κ3) is 4.26. The molecule has 0 bridgehead atoms. The third-order valence-corrected chi connectivity index (χ3v) is 7.95. The molecule has 34 heavy (non-hydrogen) atoms. The second-order valence-electron chi connectivity index (χ2n) is 9.14. The van der Waals surface area contributed by atoms with Crippen molar-refractivity contribution in [3.05, 3.63) is 50.0 Å². The van der Waals surface area contributed by atoms with Crippen LogP contribution in [0, 0.1) is 30.0 Å². The molecule has 0 spiro atoms. The van der Waals surface area contributed by atoms with Crippen LogP contribution in [0.4, 0.5) is 15.8 Å². The van der Waals surface area contributed by atoms with Crippen LogP contribution in [0.1, 0.15) is 37.3 Å². The number of halogens is 2. The van der Waals surface area contributed by atoms with E-state index >= 15 is 0 Å². The average molecular weight is 504 g/mol. The van der Waals surface area contributed by atoms with Gasteiger partial charge in [0.25, 0.3) is 5.56 Å². The van der Waals surface area contributed by atoms with Crippen LogP contribution >= 0.6 is 22.9 Å². The van der Waals surface area contributed by atoms with Crippen LogP contribution in [0.5, 0.6) is 0 Å². The number of thiazole rings is 1. The van der Waals surface area contributed by atoms with Gasteiger partial charge in [-0.1, -0.05) is 18.5 Å². The Kier molecular flexibility index (Phi) is 6.60. The number of aromatic nitrogens is 2. The van der Waals surface area contributed by atoms with Crippen molar-refractivity contribution in [3.8, 4) is 6.07 Å². The Morgan fingerprint density at radius 1 is 1.50 bits per heavy atom. The maximum absolute atomic E-state index is 14.6. The van der Waals surface area contributed by atoms with Gasteiger partial charge in [-0.15, -0.1) is 11.3 Å². The second-order valence-corrected chi connectivity index (χ2v) is 10.8. The highest BCUT2D eigenvalue weighted by Gasteiger charge is 2.43. The summed E-state index contributed by atoms with van der Waals surface area (Å²) in [6, 6.07) is 6.60. The summed E-state index contributed by atoms with van der Waals surface area (Å²) in [4.78, 5) is 20.3. The predicted octanol–water partition coefficient (Wildman–Crippen LogP) is 4.44. The van der Waals surface area contributed by atoms with Gasteiger partial charge < -0.3 is 19.9 Å². The Balaban J connectivity index is 1.74. The minimum Gasteiger partial charge on any atom is -0.393 e. The molecule has 4 rings (SSSR count). The highest BCUT2D eigenvalue weighted by Crippen LogP contribution is 2.40. The smallest absolute Gasteiger partial charge is 0.271 e. The van der Waals surface area contributed by atoms with Crippen LogP contribution < -0.4 is 15.8 Å². The lowest BCUT2D eigenvalue weighted by atomic mass is 9.74. The van der Waals surface area contributed by atoms with Gasteiger partial charge in [-0.05, 0) is 50.8 Å². The molecule has 0 amide bonds. The summed E-state index contributed by atoms with van der Waals surface area (Å²) in [5.74, 6) is -0.513. The number of nitriles is 1. The Bertz CT molecular complexity index is 1350. The van der Waals surface area contributed by atoms with Gasteiger partial charge in [0.05, 0.1) is 22.5 Å². The number of aliphatic hydroxyl groups excluding tert-OH is 1. The normalized spacial score (nSPS) is 21.5. The van der Waals surface area contributed by atoms with Gasteiger partial charge in [0.15, 0.2) is 0 Å². The van der Waals surface area contributed by atoms with Gasteiger partial charge in [-0.3, -0.25) is 4.79 Å². The zero-order chi connectivity index (χ0) is 24.8. The molecule has 180 valence electrons. The largest absolute Gasteiger partial charge is 0.393 e. The molecule has 3 aromatic rings. The molecule has 2 N–H and O–H groups in total. The van der Waals surface area contributed by atoms with Crippen molar-refractivity contribution in [2.45, 2.75) is 45.3 Å². The molecule has 0 unspecified atom stereocenters. The summed E-state index contributed by atoms with van der Waals surface area (Å²) in [5, 5.41) is 24.6. The number of nitrogens with zero attached hydrogens (tertiary/aromatic N) is 4. The van der Waals surface area contributed by atoms with Crippen molar-refractivity contribution in [2.24, 2.45) is 13.0 Å². The number of anilines is 2. The van der Waals surface area contributed by atoms with Crippen LogP contribution in [0.15, 0.2) is 23.0 Å². The van der Waals surface area contributed by atoms with Gasteiger partial charge >= 0.3 is 0 Å². The maximum atomic E-state index is 14.6. The van der Waals surface area contributed by atoms with E-state index in [4.69, 9.17) is 11.6 Å². The molecule has 3 atom stereocenters. The van der Waals surface area contributed by atoms with Crippen molar-refractivity contribution in [3.63, 3.8) is 0 Å². The van der Waals surface area contributed by atoms with Crippen molar-refractivity contribution in [2.75, 3.05) is 23.3 Å². The third-order valence-electron chi connectivity index (χ3n) is 6.67. The molecular formula is C24H27ClFN5O2S. The number of piperidine rings is 1. The fourth-order valence-corrected chi connectivity index (χ4v) is 6.03. The summed E-state index contributed by atoms with van der Waals surface area (Å²) in [7, 11) is 1.66. The molecule has 0 aliphatic carbocycles. The van der Waals surface area contributed by atoms with E-state index in [0.29, 0.717) is 47.8 Å². The highest BCUT2D eigenvalue weighted by molar-refractivity contribution is 7.18. The second kappa shape index (κ2) is 9.17. The quantitative estimate of drug-likeness (QED) is 0.534. The number of nitrogens with one attached hydrogen (secondary N) is 1. The standard InChI is InChI=1S/C24H27ClFN5O2S/c1-13-12-31(21-17(11-27)22(33)30(4)23-20(21)28-15(3)34-23)8-7-24(13,10-14(2)32)29-19-6-5-16(25)9-18(19)26/h5-6,9,13-14,29,32H,7-8,10,12H2,1-4H3/t13-,14+,24+/m0/s1. The summed E-state index contributed by atoms with van der Waals surface area (Å²) in [6.07, 6.45) is 0.367. The van der Waals surface area contributed by atoms with Crippen molar-refractivity contribution in [1.29, 1.82) is 5.26 Å². The van der Waals surface area contributed by atoms with Crippen LogP contribution in [0.25, 0.3) is 10.3 Å². The Hall–Kier alpha value is -2.67. The van der Waals surface area contributed by atoms with E-state index in [0.717, 1.165) is 9.84 Å². The van der Waals surface area contributed by atoms with Crippen molar-refractivity contribution < 1.29 is 9.50 Å². The van der Waals surface area contributed by atoms with Crippen molar-refractivity contribution >= 4 is 44.7 Å². The lowest BCUT2D eigenvalue weighted by molar-refractivity contribution is 0.123. The lowest BCUT2D eigenvalue weighted by Gasteiger charge is -2.49. The minimum absolute atomic E-state index is 0.0590. The average Bonchev–Trinajstić information content (AvgIpc) is 3.15. The van der Waals surface area contributed by atoms with Gasteiger partial charge in [-0.2, -0.15) is 5.26 Å². The first kappa shape index (κ1) is 24.5. The number of hydrogen-bond acceptors (Lipinski definition) is 7. The molecule has 3 heterocycles. The fraction of sp³-hybridized carbons (Fsp3) is 0.458. The summed E-state index contributed by atoms with van der Waals surface area (Å²) >= 11 is 7.34. The topological polar surface area (TPSA) is 94.2 Å². The number of fused-ring (bicyclic) bond motifs is 1. The van der Waals surface area contributed by atoms with Gasteiger partial charge in [0.2, 0.25) is 0 Å². The van der Waals surface area contributed by atoms with Gasteiger partial charge in [0.1, 0.15) is 27.8 Å². The van der Waals surface area contributed by atoms with Gasteiger partial charge in [0, 0.05) is 30.7 Å². The molecule has 2 aromatic heterocycles. The molecule has 1 aromatic carbocycles. The molecule has 10 heteroatoms. The number of aliphatic hydroxyl groups is 1. The van der Waals surface area contributed by atoms with Crippen LogP contribution in [0.3, 0.4) is 0 Å². The zero-order valence-corrected chi connectivity index (χ0v) is 21.1. The summed E-state index contributed by atoms with van der Waals surface area (Å²) in [6.45, 7) is 6.64. The number of rotatable bonds is 5. The lowest BCUT2D eigenvalue weighted by Crippen LogP contribution is -2.57. The van der Waals surface area contributed by atoms with Crippen LogP contribution in [-0.2, 0) is 7.05 Å². The first-order valence-corrected chi connectivity index (χ1v) is 12.3. The Labute approximate surface area is 206 Å². The van der Waals surface area contributed by atoms with E-state index in [9.17, 15) is 19.6 Å². The number of pyridine rings is 1. The minimum atomic E-state index is -0.608. The Morgan fingerprint density at radius 3 is 2.85 bits per heavy atom. The van der Waals surface area contributed by atoms with E-state index in [1.807, 2.05) is 18.7 Å². The first-order valence-electron chi connectivity index (χ1n) is 11.1. The molecular weight excluding hydrogens is 477 g/mol. The summed E-state index contributed by atoms with van der Waals surface area (Å²) in [5.41, 5.74) is 0.668. The number of aryl methyl sites for hydroxylation is 2. The molecule has 1 saturated heterocycles. The molecule has 1 aliphatic heterocycles. The van der Waals surface area contributed by atoms with Crippen molar-refractivity contribution in [1.82, 2.24) is 9.55 Å². The van der Waals surface area contributed by atoms with E-state index < -0.39 is 17.5 Å². The molecule has 0 saturated carbocycles. The van der Waals surface area contributed by atoms with E-state index in [-0.39, 0.29) is 17.0 Å². The summed E-state index contributed by atoms with van der Waals surface area (Å²) < 4.78 is 16.1. The van der Waals surface area contributed by atoms with E-state index in [2.05, 4.69) is 16.4 Å². The number of benzene rings is 1. The van der Waals surface area contributed by atoms with Crippen LogP contribution in [-0.4, -0.2) is 39.4 Å². The van der Waals surface area contributed by atoms with Gasteiger partial charge in [-0.25, -0.2) is 9.37 Å². The molecule has 7 nitrogen and oxygen atoms in total.